The second-order valence-corrected chi connectivity index (χ2v) is 42.1. The first-order valence-electron chi connectivity index (χ1n) is 45.7. The van der Waals surface area contributed by atoms with Crippen molar-refractivity contribution in [3.8, 4) is 17.2 Å². The van der Waals surface area contributed by atoms with Gasteiger partial charge in [-0.1, -0.05) is 41.1 Å². The molecule has 0 spiro atoms. The Morgan fingerprint density at radius 1 is 0.500 bits per heavy atom. The number of carboxylic acid groups (broad SMARTS) is 3. The summed E-state index contributed by atoms with van der Waals surface area (Å²) in [7, 11) is -15.0. The molecular formula is C87H119N25O30S6. The number of hydrogen-bond donors (Lipinski definition) is 16. The SMILES string of the molecule is C.CC1(C)[C@H](CC(=O)/C(=N\O[C@@H](COc2ccc3c(c2)CN(C(=N)N(CCN)CCN)C3)C(=O)O)c2csc(N)n2)C(=O)N1OS(=O)(=O)O.CC1(C)[C@H](CC(=O)/C(=N\O[C@@H](COc2ccc3c(c2)CN(C(C[C@@H]2CCCNC2)=N[C@@H]2CCCNC2)C3)C(=O)O)c2csc(N)n2)C(=O)N1OS(=O)(=O)O.CC1(C)[C@H](CC(=O)/C(=N\O[C@@H](COc2ccc3c(c2)CN(C(N)=NCCN)C3)C(=O)O)c2csc(N)n2)C(=O)N1OS(=O)(=O)O. The molecule has 3 aromatic heterocycles. The topological polar surface area (TPSA) is 814 Å². The number of aromatic nitrogens is 3. The van der Waals surface area contributed by atoms with Crippen molar-refractivity contribution in [1.82, 2.24) is 60.4 Å². The third-order valence-corrected chi connectivity index (χ3v) is 27.9. The highest BCUT2D eigenvalue weighted by Crippen LogP contribution is 2.45. The lowest BCUT2D eigenvalue weighted by Crippen LogP contribution is -2.68. The van der Waals surface area contributed by atoms with Gasteiger partial charge in [-0.2, -0.15) is 40.4 Å². The van der Waals surface area contributed by atoms with E-state index >= 15 is 0 Å². The Labute approximate surface area is 861 Å². The molecule has 6 aromatic rings. The van der Waals surface area contributed by atoms with Gasteiger partial charge in [-0.25, -0.2) is 29.3 Å². The van der Waals surface area contributed by atoms with E-state index in [0.717, 1.165) is 132 Å². The summed E-state index contributed by atoms with van der Waals surface area (Å²) in [6.45, 7) is 16.8. The first-order valence-corrected chi connectivity index (χ1v) is 52.4. The number of nitrogens with zero attached hydrogens (tertiary/aromatic N) is 15. The lowest BCUT2D eigenvalue weighted by molar-refractivity contribution is -0.228. The number of Topliss-reactive ketones (excluding diaryl/α,β-unsaturated/α-hetero) is 3. The summed E-state index contributed by atoms with van der Waals surface area (Å²) in [5, 5.41) is 62.3. The highest BCUT2D eigenvalue weighted by Gasteiger charge is 2.61. The molecule has 23 N–H and O–H groups in total. The average Bonchev–Trinajstić information content (AvgIpc) is 1.66. The van der Waals surface area contributed by atoms with Crippen molar-refractivity contribution < 1.29 is 139 Å². The monoisotopic (exact) mass is 2190 g/mol. The lowest BCUT2D eigenvalue weighted by Gasteiger charge is -2.50. The molecule has 808 valence electrons. The number of nitrogens with one attached hydrogen (secondary N) is 3. The molecular weight excluding hydrogens is 2070 g/mol. The standard InChI is InChI=1S/C34H46N8O10S2.C27H37N9O10S2.C25H32N8O10S2.CH4/c1-34(2)25(31(44)42(34)52-54(47,48)49)13-27(43)30(26-19-53-33(35)39-26)40-51-28(32(45)46)18-50-24-8-7-21-16-41(17-22(21)12-24)29(11-20-5-3-9-36-14-20)38-23-6-4-10-37-15-23;1-27(2)18(23(38)36(27)46-48(41,42)43)10-20(37)22(19-14-47-25(30)32-19)33-45-21(24(39)40)13-44-17-4-3-15-11-35(12-16(15)9-17)26(31)34(7-5-28)8-6-29;1-25(2)16(21(35)33(25)43-45(38,39)40)8-18(34)20(17-12-44-24(28)30-17)31-42-19(22(36)37)11-41-15-4-3-13-9-32(10-14(13)7-15)23(27)29-6-5-26;/h7-8,12,19-20,23,25,28,36-37H,3-6,9-11,13-18H2,1-2H3,(H2,35,39)(H,45,46)(H,47,48,49);3-4,9,14,18,21,31H,5-8,10-13,28-29H2,1-2H3,(H2,30,32)(H,39,40)(H,41,42,43);3-4,7,12,16,19H,5-6,8-11,26H2,1-2H3,(H2,27,29)(H2,28,30)(H,36,37)(H,38,39,40);1H4/b38-29?,40-30-;31-26?,33-22-;31-20-;/t20-,23+,25+,28-;18-,21+;16-,19+;/m011./s1. The maximum absolute atomic E-state index is 13.5. The Morgan fingerprint density at radius 2 is 0.838 bits per heavy atom. The van der Waals surface area contributed by atoms with Gasteiger partial charge in [0.25, 0.3) is 36.0 Å². The molecule has 14 rings (SSSR count). The van der Waals surface area contributed by atoms with Crippen LogP contribution in [0.15, 0.2) is 96.2 Å². The smallest absolute Gasteiger partial charge is 0.418 e. The number of guanidine groups is 2. The summed E-state index contributed by atoms with van der Waals surface area (Å²) < 4.78 is 124. The van der Waals surface area contributed by atoms with Crippen LogP contribution in [0.4, 0.5) is 15.4 Å². The predicted octanol–water partition coefficient (Wildman–Crippen LogP) is 1.28. The number of amidine groups is 1. The number of nitrogens with two attached hydrogens (primary N) is 7. The summed E-state index contributed by atoms with van der Waals surface area (Å²) in [6, 6.07) is 16.3. The highest BCUT2D eigenvalue weighted by molar-refractivity contribution is 7.81. The Morgan fingerprint density at radius 3 is 1.15 bits per heavy atom. The Bertz CT molecular complexity index is 6420. The van der Waals surface area contributed by atoms with Crippen LogP contribution in [0.25, 0.3) is 0 Å². The Balaban J connectivity index is 0.000000211. The molecule has 148 heavy (non-hydrogen) atoms. The second-order valence-electron chi connectivity index (χ2n) is 36.4. The highest BCUT2D eigenvalue weighted by atomic mass is 32.3. The molecule has 0 unspecified atom stereocenters. The van der Waals surface area contributed by atoms with Crippen molar-refractivity contribution >= 4 is 168 Å². The normalized spacial score (nSPS) is 20.1. The van der Waals surface area contributed by atoms with E-state index in [4.69, 9.17) is 92.9 Å². The van der Waals surface area contributed by atoms with Crippen LogP contribution in [0.2, 0.25) is 0 Å². The number of fused-ring (bicyclic) bond motifs is 3. The fourth-order valence-corrected chi connectivity index (χ4v) is 19.9. The minimum absolute atomic E-state index is 0. The zero-order chi connectivity index (χ0) is 107. The summed E-state index contributed by atoms with van der Waals surface area (Å²) in [5.74, 6) is -9.05. The number of aliphatic imine (C=N–C) groups is 2. The molecule has 0 radical (unpaired) electrons. The number of nitrogen functional groups attached to an aromatic ring is 3. The van der Waals surface area contributed by atoms with E-state index in [9.17, 15) is 83.7 Å². The first kappa shape index (κ1) is 115. The number of rotatable bonds is 45. The lowest BCUT2D eigenvalue weighted by atomic mass is 9.74. The molecule has 8 aliphatic heterocycles. The number of hydrogen-bond acceptors (Lipinski definition) is 44. The number of anilines is 3. The van der Waals surface area contributed by atoms with E-state index in [-0.39, 0.29) is 45.9 Å². The number of aliphatic carboxylic acids is 3. The zero-order valence-electron chi connectivity index (χ0n) is 80.3. The van der Waals surface area contributed by atoms with Crippen LogP contribution >= 0.6 is 34.0 Å². The number of thiazole rings is 3. The van der Waals surface area contributed by atoms with Crippen LogP contribution in [-0.2, 0) is 141 Å². The van der Waals surface area contributed by atoms with Gasteiger partial charge in [-0.05, 0) is 163 Å². The maximum Gasteiger partial charge on any atom is 0.418 e. The molecule has 5 saturated heterocycles. The van der Waals surface area contributed by atoms with Gasteiger partial charge in [0.2, 0.25) is 0 Å². The minimum atomic E-state index is -5.00. The van der Waals surface area contributed by atoms with E-state index in [1.807, 2.05) is 34.1 Å². The molecule has 61 heteroatoms. The molecule has 0 aliphatic carbocycles. The van der Waals surface area contributed by atoms with E-state index in [2.05, 4.69) is 63.8 Å². The van der Waals surface area contributed by atoms with Crippen LogP contribution in [0.3, 0.4) is 0 Å². The van der Waals surface area contributed by atoms with Crippen LogP contribution in [0, 0.1) is 29.1 Å². The molecule has 55 nitrogen and oxygen atoms in total. The van der Waals surface area contributed by atoms with Gasteiger partial charge >= 0.3 is 49.1 Å². The van der Waals surface area contributed by atoms with Crippen LogP contribution in [0.1, 0.15) is 151 Å². The molecule has 11 heterocycles. The van der Waals surface area contributed by atoms with Gasteiger partial charge in [0.05, 0.1) is 47.0 Å². The number of ether oxygens (including phenoxy) is 3. The third kappa shape index (κ3) is 29.6. The number of carboxylic acids is 3. The number of piperidine rings is 2. The van der Waals surface area contributed by atoms with Gasteiger partial charge in [-0.3, -0.25) is 57.8 Å². The first-order chi connectivity index (χ1) is 69.3. The number of carbonyl (C=O) groups is 9. The Kier molecular flexibility index (Phi) is 38.5. The van der Waals surface area contributed by atoms with Gasteiger partial charge in [-0.15, -0.1) is 46.9 Å². The number of carbonyl (C=O) groups excluding carboxylic acids is 6. The molecule has 0 saturated carbocycles. The number of benzene rings is 3. The molecule has 8 aliphatic rings. The van der Waals surface area contributed by atoms with E-state index in [0.29, 0.717) is 122 Å². The van der Waals surface area contributed by atoms with Gasteiger partial charge in [0.15, 0.2) is 61.8 Å². The molecule has 8 atom stereocenters. The number of hydroxylamine groups is 6. The van der Waals surface area contributed by atoms with Crippen LogP contribution < -0.4 is 65.0 Å². The zero-order valence-corrected chi connectivity index (χ0v) is 85.2. The van der Waals surface area contributed by atoms with Crippen molar-refractivity contribution in [3.05, 3.63) is 121 Å². The summed E-state index contributed by atoms with van der Waals surface area (Å²) in [5.41, 5.74) is 40.8. The Hall–Kier alpha value is -13.0. The number of β-lactam (4-membered cyclic amide) rings is 3. The fourth-order valence-electron chi connectivity index (χ4n) is 16.9. The van der Waals surface area contributed by atoms with E-state index in [1.165, 1.54) is 64.1 Å². The molecule has 0 bridgehead atoms. The van der Waals surface area contributed by atoms with E-state index in [1.54, 1.807) is 35.2 Å². The van der Waals surface area contributed by atoms with Crippen molar-refractivity contribution in [3.63, 3.8) is 0 Å². The summed E-state index contributed by atoms with van der Waals surface area (Å²) in [4.78, 5) is 159. The quantitative estimate of drug-likeness (QED) is 0.00841. The molecule has 3 amide bonds. The minimum Gasteiger partial charge on any atom is -0.489 e. The van der Waals surface area contributed by atoms with Crippen molar-refractivity contribution in [2.24, 2.45) is 72.1 Å². The van der Waals surface area contributed by atoms with E-state index < -0.39 is 193 Å². The van der Waals surface area contributed by atoms with Gasteiger partial charge in [0.1, 0.15) is 60.0 Å². The molecule has 5 fully saturated rings. The van der Waals surface area contributed by atoms with Crippen molar-refractivity contribution in [2.75, 3.05) is 102 Å². The van der Waals surface area contributed by atoms with Gasteiger partial charge in [0, 0.05) is 120 Å². The number of amides is 3. The number of ketones is 3. The van der Waals surface area contributed by atoms with Crippen molar-refractivity contribution in [2.45, 2.75) is 181 Å². The second kappa shape index (κ2) is 49.4. The summed E-state index contributed by atoms with van der Waals surface area (Å²) >= 11 is 2.96. The van der Waals surface area contributed by atoms with Gasteiger partial charge < -0.3 is 114 Å². The van der Waals surface area contributed by atoms with Crippen molar-refractivity contribution in [1.29, 1.82) is 5.41 Å². The third-order valence-electron chi connectivity index (χ3n) is 24.9. The number of oxime groups is 3. The van der Waals surface area contributed by atoms with Crippen LogP contribution in [-0.4, -0.2) is 318 Å². The molecule has 3 aromatic carbocycles. The van der Waals surface area contributed by atoms with Crippen LogP contribution in [0.5, 0.6) is 17.2 Å². The summed E-state index contributed by atoms with van der Waals surface area (Å²) in [6.07, 6.45) is -1.07. The predicted molar refractivity (Wildman–Crippen MR) is 534 cm³/mol. The average molecular weight is 2190 g/mol. The largest absolute Gasteiger partial charge is 0.489 e. The maximum atomic E-state index is 13.5. The fraction of sp³-hybridized carbons (Fsp3) is 0.517.